The van der Waals surface area contributed by atoms with Gasteiger partial charge in [0.05, 0.1) is 27.4 Å². The first-order chi connectivity index (χ1) is 8.60. The fraction of sp³-hybridized carbons (Fsp3) is 0.417. The number of rotatable bonds is 5. The number of nitrogens with zero attached hydrogens (tertiary/aromatic N) is 1. The first kappa shape index (κ1) is 14.1. The van der Waals surface area contributed by atoms with Crippen molar-refractivity contribution < 1.29 is 24.4 Å². The van der Waals surface area contributed by atoms with E-state index in [2.05, 4.69) is 0 Å². The molecule has 0 spiro atoms. The predicted octanol–water partition coefficient (Wildman–Crippen LogP) is 0.630. The lowest BCUT2D eigenvalue weighted by atomic mass is 10.0. The molecule has 1 rings (SSSR count). The molecule has 6 nitrogen and oxygen atoms in total. The summed E-state index contributed by atoms with van der Waals surface area (Å²) in [4.78, 5) is 0. The summed E-state index contributed by atoms with van der Waals surface area (Å²) in [7, 11) is 4.29. The van der Waals surface area contributed by atoms with Gasteiger partial charge in [-0.1, -0.05) is 0 Å². The highest BCUT2D eigenvalue weighted by Gasteiger charge is 2.25. The van der Waals surface area contributed by atoms with Gasteiger partial charge in [0.2, 0.25) is 5.75 Å². The standard InChI is InChI=1S/C12H15NO5/c1-16-9-5-4-7(10(15)8(14)6-13)11(17-2)12(9)18-3/h4-5,8,10,14-15H,1-3H3. The van der Waals surface area contributed by atoms with Crippen LogP contribution in [0, 0.1) is 11.3 Å². The second-order valence-corrected chi connectivity index (χ2v) is 3.44. The van der Waals surface area contributed by atoms with Crippen LogP contribution >= 0.6 is 0 Å². The Kier molecular flexibility index (Phi) is 4.77. The Morgan fingerprint density at radius 1 is 1.06 bits per heavy atom. The molecule has 2 N–H and O–H groups in total. The highest BCUT2D eigenvalue weighted by atomic mass is 16.5. The van der Waals surface area contributed by atoms with Crippen LogP contribution in [0.1, 0.15) is 11.7 Å². The molecule has 2 atom stereocenters. The highest BCUT2D eigenvalue weighted by molar-refractivity contribution is 5.56. The Labute approximate surface area is 105 Å². The van der Waals surface area contributed by atoms with Crippen molar-refractivity contribution in [3.8, 4) is 23.3 Å². The molecule has 18 heavy (non-hydrogen) atoms. The minimum atomic E-state index is -1.54. The Balaban J connectivity index is 3.34. The third-order valence-corrected chi connectivity index (χ3v) is 2.48. The maximum absolute atomic E-state index is 9.84. The molecule has 0 aliphatic rings. The number of hydrogen-bond donors (Lipinski definition) is 2. The van der Waals surface area contributed by atoms with E-state index >= 15 is 0 Å². The quantitative estimate of drug-likeness (QED) is 0.748. The van der Waals surface area contributed by atoms with E-state index < -0.39 is 12.2 Å². The minimum Gasteiger partial charge on any atom is -0.493 e. The lowest BCUT2D eigenvalue weighted by Gasteiger charge is -2.19. The van der Waals surface area contributed by atoms with Gasteiger partial charge in [-0.25, -0.2) is 0 Å². The van der Waals surface area contributed by atoms with Crippen LogP contribution in [-0.4, -0.2) is 37.6 Å². The number of ether oxygens (including phenoxy) is 3. The Morgan fingerprint density at radius 3 is 2.11 bits per heavy atom. The van der Waals surface area contributed by atoms with E-state index in [1.807, 2.05) is 0 Å². The maximum atomic E-state index is 9.84. The van der Waals surface area contributed by atoms with Crippen molar-refractivity contribution in [3.05, 3.63) is 17.7 Å². The van der Waals surface area contributed by atoms with Crippen LogP contribution in [-0.2, 0) is 0 Å². The van der Waals surface area contributed by atoms with E-state index in [4.69, 9.17) is 19.5 Å². The minimum absolute atomic E-state index is 0.221. The van der Waals surface area contributed by atoms with Gasteiger partial charge in [0.15, 0.2) is 17.6 Å². The molecule has 0 aliphatic carbocycles. The number of nitriles is 1. The van der Waals surface area contributed by atoms with Crippen LogP contribution in [0.4, 0.5) is 0 Å². The molecule has 0 bridgehead atoms. The molecule has 0 saturated carbocycles. The van der Waals surface area contributed by atoms with Gasteiger partial charge < -0.3 is 24.4 Å². The molecular formula is C12H15NO5. The second-order valence-electron chi connectivity index (χ2n) is 3.44. The topological polar surface area (TPSA) is 91.9 Å². The zero-order valence-corrected chi connectivity index (χ0v) is 10.4. The van der Waals surface area contributed by atoms with Gasteiger partial charge in [0.25, 0.3) is 0 Å². The van der Waals surface area contributed by atoms with Crippen LogP contribution in [0.25, 0.3) is 0 Å². The molecule has 0 amide bonds. The first-order valence-corrected chi connectivity index (χ1v) is 5.15. The van der Waals surface area contributed by atoms with E-state index in [-0.39, 0.29) is 11.3 Å². The summed E-state index contributed by atoms with van der Waals surface area (Å²) in [5.74, 6) is 0.942. The van der Waals surface area contributed by atoms with E-state index in [0.29, 0.717) is 11.5 Å². The van der Waals surface area contributed by atoms with E-state index in [1.165, 1.54) is 27.4 Å². The summed E-state index contributed by atoms with van der Waals surface area (Å²) in [6, 6.07) is 4.62. The molecule has 0 aromatic heterocycles. The summed E-state index contributed by atoms with van der Waals surface area (Å²) >= 11 is 0. The molecule has 0 radical (unpaired) electrons. The van der Waals surface area contributed by atoms with Gasteiger partial charge in [-0.3, -0.25) is 0 Å². The molecule has 0 aliphatic heterocycles. The van der Waals surface area contributed by atoms with Crippen molar-refractivity contribution in [2.75, 3.05) is 21.3 Å². The molecule has 6 heteroatoms. The van der Waals surface area contributed by atoms with Crippen molar-refractivity contribution in [1.82, 2.24) is 0 Å². The van der Waals surface area contributed by atoms with E-state index in [1.54, 1.807) is 12.1 Å². The average molecular weight is 253 g/mol. The largest absolute Gasteiger partial charge is 0.493 e. The van der Waals surface area contributed by atoms with Crippen LogP contribution in [0.5, 0.6) is 17.2 Å². The van der Waals surface area contributed by atoms with Crippen molar-refractivity contribution in [2.45, 2.75) is 12.2 Å². The SMILES string of the molecule is COc1ccc(C(O)C(O)C#N)c(OC)c1OC. The zero-order chi connectivity index (χ0) is 13.7. The average Bonchev–Trinajstić information content (AvgIpc) is 2.43. The fourth-order valence-electron chi connectivity index (χ4n) is 1.60. The van der Waals surface area contributed by atoms with Crippen molar-refractivity contribution >= 4 is 0 Å². The molecule has 98 valence electrons. The maximum Gasteiger partial charge on any atom is 0.203 e. The van der Waals surface area contributed by atoms with Gasteiger partial charge in [-0.05, 0) is 12.1 Å². The molecule has 0 saturated heterocycles. The second kappa shape index (κ2) is 6.10. The molecular weight excluding hydrogens is 238 g/mol. The smallest absolute Gasteiger partial charge is 0.203 e. The number of aliphatic hydroxyl groups excluding tert-OH is 2. The Morgan fingerprint density at radius 2 is 1.67 bits per heavy atom. The van der Waals surface area contributed by atoms with Crippen LogP contribution in [0.2, 0.25) is 0 Å². The van der Waals surface area contributed by atoms with E-state index in [9.17, 15) is 10.2 Å². The van der Waals surface area contributed by atoms with Gasteiger partial charge in [-0.2, -0.15) is 5.26 Å². The predicted molar refractivity (Wildman–Crippen MR) is 62.7 cm³/mol. The summed E-state index contributed by atoms with van der Waals surface area (Å²) in [6.07, 6.45) is -2.93. The van der Waals surface area contributed by atoms with Gasteiger partial charge in [-0.15, -0.1) is 0 Å². The van der Waals surface area contributed by atoms with Crippen molar-refractivity contribution in [1.29, 1.82) is 5.26 Å². The van der Waals surface area contributed by atoms with Crippen LogP contribution in [0.15, 0.2) is 12.1 Å². The third kappa shape index (κ3) is 2.47. The summed E-state index contributed by atoms with van der Waals surface area (Å²) in [5.41, 5.74) is 0.254. The fourth-order valence-corrected chi connectivity index (χ4v) is 1.60. The Bertz CT molecular complexity index is 455. The first-order valence-electron chi connectivity index (χ1n) is 5.15. The van der Waals surface area contributed by atoms with Gasteiger partial charge in [0, 0.05) is 5.56 Å². The van der Waals surface area contributed by atoms with Crippen molar-refractivity contribution in [3.63, 3.8) is 0 Å². The molecule has 1 aromatic carbocycles. The van der Waals surface area contributed by atoms with Gasteiger partial charge >= 0.3 is 0 Å². The normalized spacial score (nSPS) is 13.3. The van der Waals surface area contributed by atoms with E-state index in [0.717, 1.165) is 0 Å². The summed E-state index contributed by atoms with van der Waals surface area (Å²) in [6.45, 7) is 0. The molecule has 0 fully saturated rings. The molecule has 2 unspecified atom stereocenters. The number of methoxy groups -OCH3 is 3. The highest BCUT2D eigenvalue weighted by Crippen LogP contribution is 2.42. The number of hydrogen-bond acceptors (Lipinski definition) is 6. The molecule has 1 aromatic rings. The lowest BCUT2D eigenvalue weighted by molar-refractivity contribution is 0.0507. The van der Waals surface area contributed by atoms with Crippen molar-refractivity contribution in [2.24, 2.45) is 0 Å². The van der Waals surface area contributed by atoms with Gasteiger partial charge in [0.1, 0.15) is 6.10 Å². The molecule has 0 heterocycles. The zero-order valence-electron chi connectivity index (χ0n) is 10.4. The monoisotopic (exact) mass is 253 g/mol. The number of aliphatic hydroxyl groups is 2. The van der Waals surface area contributed by atoms with Crippen LogP contribution in [0.3, 0.4) is 0 Å². The third-order valence-electron chi connectivity index (χ3n) is 2.48. The summed E-state index contributed by atoms with van der Waals surface area (Å²) < 4.78 is 15.4. The lowest BCUT2D eigenvalue weighted by Crippen LogP contribution is -2.17. The summed E-state index contributed by atoms with van der Waals surface area (Å²) in [5, 5.41) is 27.8. The Hall–Kier alpha value is -1.97. The van der Waals surface area contributed by atoms with Crippen LogP contribution < -0.4 is 14.2 Å². The number of benzene rings is 1.